The van der Waals surface area contributed by atoms with Gasteiger partial charge in [-0.05, 0) is 29.8 Å². The van der Waals surface area contributed by atoms with Crippen LogP contribution in [0.25, 0.3) is 28.4 Å². The summed E-state index contributed by atoms with van der Waals surface area (Å²) in [6.07, 6.45) is 2.57. The van der Waals surface area contributed by atoms with Crippen LogP contribution in [-0.2, 0) is 4.79 Å². The first-order chi connectivity index (χ1) is 15.0. The second-order valence-electron chi connectivity index (χ2n) is 6.61. The molecular formula is C24H15NO6. The van der Waals surface area contributed by atoms with Crippen molar-refractivity contribution in [2.24, 2.45) is 0 Å². The SMILES string of the molecule is O=C(C=Cc1cccc([N+](=O)[O-])c1)Oc1ccc2oc(-c3ccccc3)cc(=O)c2c1. The molecule has 0 aliphatic heterocycles. The van der Waals surface area contributed by atoms with Crippen molar-refractivity contribution in [2.75, 3.05) is 0 Å². The molecule has 1 heterocycles. The quantitative estimate of drug-likeness (QED) is 0.150. The zero-order valence-electron chi connectivity index (χ0n) is 16.1. The fraction of sp³-hybridized carbons (Fsp3) is 0. The highest BCUT2D eigenvalue weighted by molar-refractivity contribution is 5.89. The van der Waals surface area contributed by atoms with Gasteiger partial charge in [-0.15, -0.1) is 0 Å². The van der Waals surface area contributed by atoms with Gasteiger partial charge in [0.15, 0.2) is 5.43 Å². The smallest absolute Gasteiger partial charge is 0.336 e. The summed E-state index contributed by atoms with van der Waals surface area (Å²) in [4.78, 5) is 35.0. The highest BCUT2D eigenvalue weighted by atomic mass is 16.6. The van der Waals surface area contributed by atoms with Gasteiger partial charge in [-0.1, -0.05) is 42.5 Å². The zero-order valence-corrected chi connectivity index (χ0v) is 16.1. The van der Waals surface area contributed by atoms with Gasteiger partial charge in [-0.25, -0.2) is 4.79 Å². The first-order valence-electron chi connectivity index (χ1n) is 9.27. The zero-order chi connectivity index (χ0) is 21.8. The van der Waals surface area contributed by atoms with Gasteiger partial charge in [0.1, 0.15) is 17.1 Å². The van der Waals surface area contributed by atoms with Crippen molar-refractivity contribution in [3.05, 3.63) is 111 Å². The number of fused-ring (bicyclic) bond motifs is 1. The Labute approximate surface area is 176 Å². The predicted molar refractivity (Wildman–Crippen MR) is 116 cm³/mol. The molecule has 0 atom stereocenters. The number of hydrogen-bond donors (Lipinski definition) is 0. The number of carbonyl (C=O) groups excluding carboxylic acids is 1. The lowest BCUT2D eigenvalue weighted by atomic mass is 10.1. The highest BCUT2D eigenvalue weighted by Gasteiger charge is 2.10. The van der Waals surface area contributed by atoms with Crippen LogP contribution in [0.15, 0.2) is 94.2 Å². The summed E-state index contributed by atoms with van der Waals surface area (Å²) in [5.41, 5.74) is 1.30. The number of nitro groups is 1. The molecule has 3 aromatic carbocycles. The molecule has 0 spiro atoms. The van der Waals surface area contributed by atoms with Crippen LogP contribution < -0.4 is 10.2 Å². The average Bonchev–Trinajstić information content (AvgIpc) is 2.79. The van der Waals surface area contributed by atoms with Crippen LogP contribution in [-0.4, -0.2) is 10.9 Å². The summed E-state index contributed by atoms with van der Waals surface area (Å²) in [5.74, 6) is -0.0557. The molecule has 0 aliphatic carbocycles. The number of non-ortho nitro benzene ring substituents is 1. The van der Waals surface area contributed by atoms with Crippen molar-refractivity contribution in [1.29, 1.82) is 0 Å². The molecule has 4 rings (SSSR count). The monoisotopic (exact) mass is 413 g/mol. The molecule has 0 bridgehead atoms. The lowest BCUT2D eigenvalue weighted by Gasteiger charge is -2.05. The number of nitrogens with zero attached hydrogens (tertiary/aromatic N) is 1. The Morgan fingerprint density at radius 2 is 1.77 bits per heavy atom. The van der Waals surface area contributed by atoms with E-state index in [2.05, 4.69) is 0 Å². The summed E-state index contributed by atoms with van der Waals surface area (Å²) in [6, 6.07) is 21.0. The molecule has 152 valence electrons. The van der Waals surface area contributed by atoms with Crippen LogP contribution in [0.4, 0.5) is 5.69 Å². The van der Waals surface area contributed by atoms with Gasteiger partial charge in [0.2, 0.25) is 0 Å². The third kappa shape index (κ3) is 4.56. The van der Waals surface area contributed by atoms with Gasteiger partial charge in [0.05, 0.1) is 10.3 Å². The molecule has 0 saturated heterocycles. The molecule has 0 N–H and O–H groups in total. The van der Waals surface area contributed by atoms with E-state index in [9.17, 15) is 19.7 Å². The van der Waals surface area contributed by atoms with Gasteiger partial charge in [-0.2, -0.15) is 0 Å². The Balaban J connectivity index is 1.54. The minimum atomic E-state index is -0.684. The maximum Gasteiger partial charge on any atom is 0.336 e. The van der Waals surface area contributed by atoms with E-state index < -0.39 is 10.9 Å². The Kier molecular flexibility index (Phi) is 5.40. The first kappa shape index (κ1) is 19.8. The summed E-state index contributed by atoms with van der Waals surface area (Å²) in [7, 11) is 0. The number of carbonyl (C=O) groups is 1. The minimum absolute atomic E-state index is 0.0772. The molecule has 1 aromatic heterocycles. The number of benzene rings is 3. The second-order valence-corrected chi connectivity index (χ2v) is 6.61. The summed E-state index contributed by atoms with van der Waals surface area (Å²) >= 11 is 0. The number of hydrogen-bond acceptors (Lipinski definition) is 6. The molecule has 0 amide bonds. The molecule has 0 fully saturated rings. The number of ether oxygens (including phenoxy) is 1. The van der Waals surface area contributed by atoms with Crippen LogP contribution in [0.5, 0.6) is 5.75 Å². The molecule has 0 radical (unpaired) electrons. The average molecular weight is 413 g/mol. The van der Waals surface area contributed by atoms with Crippen LogP contribution in [0.2, 0.25) is 0 Å². The van der Waals surface area contributed by atoms with Gasteiger partial charge in [0, 0.05) is 29.8 Å². The standard InChI is InChI=1S/C24H15NO6/c26-21-15-23(17-6-2-1-3-7-17)31-22-11-10-19(14-20(21)22)30-24(27)12-9-16-5-4-8-18(13-16)25(28)29/h1-15H. The molecular weight excluding hydrogens is 398 g/mol. The van der Waals surface area contributed by atoms with E-state index in [0.717, 1.165) is 11.6 Å². The van der Waals surface area contributed by atoms with Gasteiger partial charge in [0.25, 0.3) is 5.69 Å². The van der Waals surface area contributed by atoms with Crippen molar-refractivity contribution in [3.8, 4) is 17.1 Å². The summed E-state index contributed by atoms with van der Waals surface area (Å²) < 4.78 is 11.1. The van der Waals surface area contributed by atoms with E-state index in [-0.39, 0.29) is 22.3 Å². The highest BCUT2D eigenvalue weighted by Crippen LogP contribution is 2.24. The Bertz CT molecular complexity index is 1370. The second kappa shape index (κ2) is 8.46. The van der Waals surface area contributed by atoms with E-state index in [4.69, 9.17) is 9.15 Å². The van der Waals surface area contributed by atoms with Gasteiger partial charge >= 0.3 is 5.97 Å². The van der Waals surface area contributed by atoms with Gasteiger partial charge in [-0.3, -0.25) is 14.9 Å². The molecule has 7 heteroatoms. The summed E-state index contributed by atoms with van der Waals surface area (Å²) in [6.45, 7) is 0. The van der Waals surface area contributed by atoms with E-state index in [1.54, 1.807) is 12.1 Å². The Morgan fingerprint density at radius 3 is 2.55 bits per heavy atom. The molecule has 0 aliphatic rings. The number of nitro benzene ring substituents is 1. The fourth-order valence-electron chi connectivity index (χ4n) is 3.00. The first-order valence-corrected chi connectivity index (χ1v) is 9.27. The fourth-order valence-corrected chi connectivity index (χ4v) is 3.00. The molecule has 4 aromatic rings. The van der Waals surface area contributed by atoms with Gasteiger partial charge < -0.3 is 9.15 Å². The normalized spacial score (nSPS) is 11.0. The third-order valence-electron chi connectivity index (χ3n) is 4.47. The molecule has 31 heavy (non-hydrogen) atoms. The van der Waals surface area contributed by atoms with Crippen molar-refractivity contribution in [2.45, 2.75) is 0 Å². The lowest BCUT2D eigenvalue weighted by molar-refractivity contribution is -0.384. The maximum absolute atomic E-state index is 12.5. The molecule has 7 nitrogen and oxygen atoms in total. The minimum Gasteiger partial charge on any atom is -0.456 e. The predicted octanol–water partition coefficient (Wildman–Crippen LogP) is 4.99. The summed E-state index contributed by atoms with van der Waals surface area (Å²) in [5, 5.41) is 11.1. The van der Waals surface area contributed by atoms with Crippen molar-refractivity contribution < 1.29 is 18.9 Å². The topological polar surface area (TPSA) is 99.7 Å². The Morgan fingerprint density at radius 1 is 0.968 bits per heavy atom. The number of rotatable bonds is 5. The maximum atomic E-state index is 12.5. The van der Waals surface area contributed by atoms with E-state index in [1.165, 1.54) is 42.5 Å². The van der Waals surface area contributed by atoms with Crippen LogP contribution >= 0.6 is 0 Å². The van der Waals surface area contributed by atoms with E-state index in [0.29, 0.717) is 16.9 Å². The van der Waals surface area contributed by atoms with Crippen LogP contribution in [0, 0.1) is 10.1 Å². The van der Waals surface area contributed by atoms with Crippen molar-refractivity contribution >= 4 is 28.7 Å². The molecule has 0 unspecified atom stereocenters. The Hall–Kier alpha value is -4.52. The van der Waals surface area contributed by atoms with E-state index in [1.807, 2.05) is 30.3 Å². The molecule has 0 saturated carbocycles. The van der Waals surface area contributed by atoms with E-state index >= 15 is 0 Å². The van der Waals surface area contributed by atoms with Crippen molar-refractivity contribution in [3.63, 3.8) is 0 Å². The third-order valence-corrected chi connectivity index (χ3v) is 4.47. The van der Waals surface area contributed by atoms with Crippen LogP contribution in [0.1, 0.15) is 5.56 Å². The number of esters is 1. The largest absolute Gasteiger partial charge is 0.456 e. The van der Waals surface area contributed by atoms with Crippen LogP contribution in [0.3, 0.4) is 0 Å². The lowest BCUT2D eigenvalue weighted by Crippen LogP contribution is -2.05. The van der Waals surface area contributed by atoms with Crippen molar-refractivity contribution in [1.82, 2.24) is 0 Å².